The van der Waals surface area contributed by atoms with Crippen LogP contribution in [-0.4, -0.2) is 39.5 Å². The summed E-state index contributed by atoms with van der Waals surface area (Å²) in [6.45, 7) is 3.66. The maximum absolute atomic E-state index is 14.0. The molecule has 196 valence electrons. The Labute approximate surface area is 223 Å². The molecule has 1 aliphatic carbocycles. The second-order valence-electron chi connectivity index (χ2n) is 9.64. The molecule has 4 N–H and O–H groups in total. The van der Waals surface area contributed by atoms with Crippen LogP contribution in [0.25, 0.3) is 10.9 Å². The number of hydrogen-bond acceptors (Lipinski definition) is 3. The number of nitrogens with one attached hydrogen (secondary N) is 3. The summed E-state index contributed by atoms with van der Waals surface area (Å²) in [6.07, 6.45) is 0.864. The summed E-state index contributed by atoms with van der Waals surface area (Å²) in [5.74, 6) is -3.10. The molecule has 3 aromatic rings. The molecule has 2 amide bonds. The maximum Gasteiger partial charge on any atom is 0.329 e. The van der Waals surface area contributed by atoms with Crippen molar-refractivity contribution in [1.29, 1.82) is 0 Å². The molecule has 3 atom stereocenters. The number of aryl methyl sites for hydroxylation is 1. The highest BCUT2D eigenvalue weighted by atomic mass is 35.5. The van der Waals surface area contributed by atoms with Gasteiger partial charge in [0.25, 0.3) is 0 Å². The van der Waals surface area contributed by atoms with Crippen molar-refractivity contribution in [3.8, 4) is 0 Å². The molecule has 2 unspecified atom stereocenters. The van der Waals surface area contributed by atoms with Crippen LogP contribution in [0.5, 0.6) is 0 Å². The predicted molar refractivity (Wildman–Crippen MR) is 140 cm³/mol. The number of carbonyl (C=O) groups is 3. The Balaban J connectivity index is 1.59. The first-order valence-corrected chi connectivity index (χ1v) is 12.9. The van der Waals surface area contributed by atoms with E-state index < -0.39 is 35.2 Å². The number of halogens is 3. The molecule has 37 heavy (non-hydrogen) atoms. The highest BCUT2D eigenvalue weighted by molar-refractivity contribution is 6.38. The smallest absolute Gasteiger partial charge is 0.329 e. The van der Waals surface area contributed by atoms with Crippen molar-refractivity contribution < 1.29 is 23.9 Å². The highest BCUT2D eigenvalue weighted by Gasteiger charge is 2.45. The number of hydrogen-bond donors (Lipinski definition) is 4. The monoisotopic (exact) mass is 547 g/mol. The molecule has 0 spiro atoms. The van der Waals surface area contributed by atoms with Gasteiger partial charge in [-0.2, -0.15) is 0 Å². The summed E-state index contributed by atoms with van der Waals surface area (Å²) in [5, 5.41) is 17.3. The van der Waals surface area contributed by atoms with Crippen LogP contribution in [0.15, 0.2) is 36.4 Å². The number of aliphatic carboxylic acids is 1. The summed E-state index contributed by atoms with van der Waals surface area (Å²) in [6, 6.07) is 8.27. The first-order chi connectivity index (χ1) is 17.5. The van der Waals surface area contributed by atoms with Gasteiger partial charge in [0.15, 0.2) is 0 Å². The van der Waals surface area contributed by atoms with Gasteiger partial charge in [0.1, 0.15) is 17.4 Å². The molecule has 4 rings (SSSR count). The van der Waals surface area contributed by atoms with E-state index in [0.717, 1.165) is 11.3 Å². The van der Waals surface area contributed by atoms with Crippen molar-refractivity contribution in [2.24, 2.45) is 5.92 Å². The quantitative estimate of drug-likeness (QED) is 0.324. The number of fused-ring (bicyclic) bond motifs is 3. The van der Waals surface area contributed by atoms with Gasteiger partial charge in [-0.15, -0.1) is 0 Å². The summed E-state index contributed by atoms with van der Waals surface area (Å²) < 4.78 is 14.0. The fourth-order valence-electron chi connectivity index (χ4n) is 4.87. The topological polar surface area (TPSA) is 111 Å². The number of amides is 2. The Kier molecular flexibility index (Phi) is 7.80. The van der Waals surface area contributed by atoms with E-state index in [1.54, 1.807) is 25.1 Å². The number of aromatic amines is 1. The summed E-state index contributed by atoms with van der Waals surface area (Å²) in [5.41, 5.74) is 0.873. The van der Waals surface area contributed by atoms with Crippen molar-refractivity contribution in [3.63, 3.8) is 0 Å². The Morgan fingerprint density at radius 3 is 2.62 bits per heavy atom. The Bertz CT molecular complexity index is 1380. The third kappa shape index (κ3) is 5.45. The number of aromatic nitrogens is 1. The fourth-order valence-corrected chi connectivity index (χ4v) is 5.41. The minimum Gasteiger partial charge on any atom is -0.479 e. The molecule has 0 fully saturated rings. The molecule has 7 nitrogen and oxygen atoms in total. The lowest BCUT2D eigenvalue weighted by molar-refractivity contribution is -0.149. The van der Waals surface area contributed by atoms with Gasteiger partial charge in [-0.25, -0.2) is 9.18 Å². The van der Waals surface area contributed by atoms with Crippen LogP contribution in [0.4, 0.5) is 4.39 Å². The summed E-state index contributed by atoms with van der Waals surface area (Å²) >= 11 is 12.5. The molecular formula is C27H28Cl2FN3O4. The van der Waals surface area contributed by atoms with Crippen molar-refractivity contribution >= 4 is 51.9 Å². The second kappa shape index (κ2) is 10.7. The lowest BCUT2D eigenvalue weighted by atomic mass is 9.79. The Morgan fingerprint density at radius 1 is 1.22 bits per heavy atom. The van der Waals surface area contributed by atoms with E-state index in [0.29, 0.717) is 33.8 Å². The number of H-pyrrole nitrogens is 1. The van der Waals surface area contributed by atoms with Gasteiger partial charge in [-0.1, -0.05) is 61.7 Å². The van der Waals surface area contributed by atoms with Crippen LogP contribution in [0.1, 0.15) is 43.5 Å². The zero-order valence-corrected chi connectivity index (χ0v) is 22.0. The normalized spacial score (nSPS) is 18.6. The molecule has 0 aliphatic heterocycles. The van der Waals surface area contributed by atoms with E-state index in [-0.39, 0.29) is 30.7 Å². The minimum atomic E-state index is -1.59. The van der Waals surface area contributed by atoms with Crippen molar-refractivity contribution in [3.05, 3.63) is 69.1 Å². The van der Waals surface area contributed by atoms with Gasteiger partial charge >= 0.3 is 5.97 Å². The summed E-state index contributed by atoms with van der Waals surface area (Å²) in [4.78, 5) is 42.1. The van der Waals surface area contributed by atoms with E-state index in [2.05, 4.69) is 15.6 Å². The molecule has 0 saturated carbocycles. The van der Waals surface area contributed by atoms with Gasteiger partial charge in [-0.3, -0.25) is 9.59 Å². The fraction of sp³-hybridized carbons (Fsp3) is 0.370. The van der Waals surface area contributed by atoms with Gasteiger partial charge in [-0.05, 0) is 48.1 Å². The first-order valence-electron chi connectivity index (χ1n) is 12.1. The number of carbonyl (C=O) groups excluding carboxylic acids is 2. The average molecular weight is 548 g/mol. The Hall–Kier alpha value is -3.10. The second-order valence-corrected chi connectivity index (χ2v) is 10.5. The third-order valence-corrected chi connectivity index (χ3v) is 7.71. The number of carboxylic acid groups (broad SMARTS) is 1. The number of rotatable bonds is 8. The standard InChI is InChI=1S/C27H28Cl2FN3O4/c1-3-14(2)23(32-22(34)10-15-6-4-5-7-20(15)30)25(35)33-27(26(36)37)9-8-21-18(13-27)17-11-16(28)12-19(29)24(17)31-21/h4-7,11-12,14,23,31H,3,8-10,13H2,1-2H3,(H,32,34)(H,33,35)(H,36,37)/t14?,23?,27-/m1/s1. The molecule has 1 aromatic heterocycles. The third-order valence-electron chi connectivity index (χ3n) is 7.19. The molecule has 0 saturated heterocycles. The zero-order chi connectivity index (χ0) is 26.9. The van der Waals surface area contributed by atoms with Crippen LogP contribution < -0.4 is 10.6 Å². The largest absolute Gasteiger partial charge is 0.479 e. The SMILES string of the molecule is CCC(C)C(NC(=O)Cc1ccccc1F)C(=O)N[C@]1(C(=O)O)CCc2[nH]c3c(Cl)cc(Cl)cc3c2C1. The van der Waals surface area contributed by atoms with Gasteiger partial charge in [0.2, 0.25) is 11.8 Å². The zero-order valence-electron chi connectivity index (χ0n) is 20.5. The molecule has 1 heterocycles. The molecule has 2 aromatic carbocycles. The van der Waals surface area contributed by atoms with Crippen LogP contribution in [0.2, 0.25) is 10.0 Å². The lowest BCUT2D eigenvalue weighted by Gasteiger charge is -2.36. The molecule has 10 heteroatoms. The number of benzene rings is 2. The molecule has 0 radical (unpaired) electrons. The van der Waals surface area contributed by atoms with Gasteiger partial charge < -0.3 is 20.7 Å². The lowest BCUT2D eigenvalue weighted by Crippen LogP contribution is -2.62. The maximum atomic E-state index is 14.0. The predicted octanol–water partition coefficient (Wildman–Crippen LogP) is 4.82. The van der Waals surface area contributed by atoms with Crippen LogP contribution >= 0.6 is 23.2 Å². The molecule has 1 aliphatic rings. The van der Waals surface area contributed by atoms with Crippen LogP contribution in [0.3, 0.4) is 0 Å². The van der Waals surface area contributed by atoms with Crippen LogP contribution in [-0.2, 0) is 33.6 Å². The van der Waals surface area contributed by atoms with Crippen molar-refractivity contribution in [2.45, 2.75) is 57.5 Å². The minimum absolute atomic E-state index is 0.0243. The average Bonchev–Trinajstić information content (AvgIpc) is 3.21. The van der Waals surface area contributed by atoms with E-state index in [4.69, 9.17) is 23.2 Å². The summed E-state index contributed by atoms with van der Waals surface area (Å²) in [7, 11) is 0. The van der Waals surface area contributed by atoms with E-state index in [9.17, 15) is 23.9 Å². The van der Waals surface area contributed by atoms with E-state index >= 15 is 0 Å². The van der Waals surface area contributed by atoms with E-state index in [1.807, 2.05) is 6.92 Å². The molecular weight excluding hydrogens is 520 g/mol. The number of carboxylic acids is 1. The highest BCUT2D eigenvalue weighted by Crippen LogP contribution is 2.38. The van der Waals surface area contributed by atoms with E-state index in [1.165, 1.54) is 18.2 Å². The van der Waals surface area contributed by atoms with Gasteiger partial charge in [0.05, 0.1) is 17.0 Å². The first kappa shape index (κ1) is 26.9. The van der Waals surface area contributed by atoms with Crippen molar-refractivity contribution in [1.82, 2.24) is 15.6 Å². The molecule has 0 bridgehead atoms. The van der Waals surface area contributed by atoms with Gasteiger partial charge in [0, 0.05) is 22.5 Å². The van der Waals surface area contributed by atoms with Crippen molar-refractivity contribution in [2.75, 3.05) is 0 Å². The Morgan fingerprint density at radius 2 is 1.95 bits per heavy atom. The van der Waals surface area contributed by atoms with Crippen LogP contribution in [0, 0.1) is 11.7 Å².